The standard InChI is InChI=1S/C11H16FN3O/c1-15(7-10(13)11(14)16)6-8-4-2-3-5-9(8)12/h2-5,10H,6-7,13H2,1H3,(H2,14,16). The fourth-order valence-corrected chi connectivity index (χ4v) is 1.41. The van der Waals surface area contributed by atoms with E-state index in [1.807, 2.05) is 0 Å². The average molecular weight is 225 g/mol. The molecular formula is C11H16FN3O. The molecule has 0 fully saturated rings. The molecule has 0 radical (unpaired) electrons. The van der Waals surface area contributed by atoms with Crippen molar-refractivity contribution in [2.45, 2.75) is 12.6 Å². The average Bonchev–Trinajstić information content (AvgIpc) is 2.21. The maximum atomic E-state index is 13.3. The summed E-state index contributed by atoms with van der Waals surface area (Å²) in [5.41, 5.74) is 11.1. The van der Waals surface area contributed by atoms with Crippen LogP contribution >= 0.6 is 0 Å². The van der Waals surface area contributed by atoms with Crippen molar-refractivity contribution >= 4 is 5.91 Å². The van der Waals surface area contributed by atoms with E-state index in [0.29, 0.717) is 18.7 Å². The summed E-state index contributed by atoms with van der Waals surface area (Å²) in [4.78, 5) is 12.5. The molecule has 0 saturated carbocycles. The number of hydrogen-bond donors (Lipinski definition) is 2. The molecule has 1 rings (SSSR count). The number of nitrogens with two attached hydrogens (primary N) is 2. The van der Waals surface area contributed by atoms with Gasteiger partial charge in [-0.2, -0.15) is 0 Å². The predicted octanol–water partition coefficient (Wildman–Crippen LogP) is 0.0701. The number of rotatable bonds is 5. The van der Waals surface area contributed by atoms with Crippen LogP contribution in [0.1, 0.15) is 5.56 Å². The van der Waals surface area contributed by atoms with Gasteiger partial charge in [-0.15, -0.1) is 0 Å². The summed E-state index contributed by atoms with van der Waals surface area (Å²) in [7, 11) is 1.76. The number of benzene rings is 1. The van der Waals surface area contributed by atoms with Crippen molar-refractivity contribution in [3.63, 3.8) is 0 Å². The molecule has 0 aromatic heterocycles. The topological polar surface area (TPSA) is 72.3 Å². The molecule has 1 atom stereocenters. The van der Waals surface area contributed by atoms with Crippen LogP contribution in [-0.2, 0) is 11.3 Å². The maximum absolute atomic E-state index is 13.3. The molecule has 0 saturated heterocycles. The molecule has 4 N–H and O–H groups in total. The highest BCUT2D eigenvalue weighted by molar-refractivity contribution is 5.79. The van der Waals surface area contributed by atoms with E-state index in [-0.39, 0.29) is 5.82 Å². The van der Waals surface area contributed by atoms with E-state index in [9.17, 15) is 9.18 Å². The first-order chi connectivity index (χ1) is 7.50. The Kier molecular flexibility index (Phi) is 4.39. The zero-order valence-corrected chi connectivity index (χ0v) is 9.19. The number of halogens is 1. The van der Waals surface area contributed by atoms with Crippen LogP contribution in [-0.4, -0.2) is 30.4 Å². The maximum Gasteiger partial charge on any atom is 0.235 e. The smallest absolute Gasteiger partial charge is 0.235 e. The second kappa shape index (κ2) is 5.58. The molecular weight excluding hydrogens is 209 g/mol. The highest BCUT2D eigenvalue weighted by Crippen LogP contribution is 2.08. The number of carbonyl (C=O) groups is 1. The van der Waals surface area contributed by atoms with Gasteiger partial charge in [0.05, 0.1) is 6.04 Å². The monoisotopic (exact) mass is 225 g/mol. The van der Waals surface area contributed by atoms with Crippen LogP contribution in [0.5, 0.6) is 0 Å². The lowest BCUT2D eigenvalue weighted by molar-refractivity contribution is -0.119. The fourth-order valence-electron chi connectivity index (χ4n) is 1.41. The van der Waals surface area contributed by atoms with Gasteiger partial charge in [-0.3, -0.25) is 9.69 Å². The van der Waals surface area contributed by atoms with Crippen molar-refractivity contribution in [3.05, 3.63) is 35.6 Å². The molecule has 1 aromatic carbocycles. The minimum absolute atomic E-state index is 0.262. The van der Waals surface area contributed by atoms with Crippen molar-refractivity contribution in [1.29, 1.82) is 0 Å². The van der Waals surface area contributed by atoms with Crippen LogP contribution < -0.4 is 11.5 Å². The first-order valence-electron chi connectivity index (χ1n) is 4.97. The minimum Gasteiger partial charge on any atom is -0.368 e. The van der Waals surface area contributed by atoms with Crippen molar-refractivity contribution in [3.8, 4) is 0 Å². The predicted molar refractivity (Wildman–Crippen MR) is 59.9 cm³/mol. The second-order valence-electron chi connectivity index (χ2n) is 3.80. The summed E-state index contributed by atoms with van der Waals surface area (Å²) in [6.45, 7) is 0.706. The van der Waals surface area contributed by atoms with Gasteiger partial charge in [0.1, 0.15) is 5.82 Å². The molecule has 16 heavy (non-hydrogen) atoms. The lowest BCUT2D eigenvalue weighted by atomic mass is 10.2. The van der Waals surface area contributed by atoms with E-state index < -0.39 is 11.9 Å². The molecule has 88 valence electrons. The van der Waals surface area contributed by atoms with Gasteiger partial charge in [0.2, 0.25) is 5.91 Å². The normalized spacial score (nSPS) is 12.8. The molecule has 1 unspecified atom stereocenters. The lowest BCUT2D eigenvalue weighted by Crippen LogP contribution is -2.44. The summed E-state index contributed by atoms with van der Waals surface area (Å²) < 4.78 is 13.3. The number of nitrogens with zero attached hydrogens (tertiary/aromatic N) is 1. The molecule has 5 heteroatoms. The zero-order valence-electron chi connectivity index (χ0n) is 9.19. The number of likely N-dealkylation sites (N-methyl/N-ethyl adjacent to an activating group) is 1. The van der Waals surface area contributed by atoms with E-state index in [1.54, 1.807) is 30.1 Å². The largest absolute Gasteiger partial charge is 0.368 e. The second-order valence-corrected chi connectivity index (χ2v) is 3.80. The fraction of sp³-hybridized carbons (Fsp3) is 0.364. The summed E-state index contributed by atoms with van der Waals surface area (Å²) in [6.07, 6.45) is 0. The molecule has 0 spiro atoms. The van der Waals surface area contributed by atoms with Crippen LogP contribution in [0, 0.1) is 5.82 Å². The molecule has 0 aliphatic heterocycles. The van der Waals surface area contributed by atoms with Gasteiger partial charge >= 0.3 is 0 Å². The highest BCUT2D eigenvalue weighted by atomic mass is 19.1. The van der Waals surface area contributed by atoms with E-state index in [0.717, 1.165) is 0 Å². The molecule has 1 aromatic rings. The van der Waals surface area contributed by atoms with Crippen LogP contribution in [0.3, 0.4) is 0 Å². The third-order valence-corrected chi connectivity index (χ3v) is 2.27. The first kappa shape index (κ1) is 12.6. The Morgan fingerprint density at radius 2 is 2.12 bits per heavy atom. The van der Waals surface area contributed by atoms with E-state index in [4.69, 9.17) is 11.5 Å². The van der Waals surface area contributed by atoms with Crippen LogP contribution in [0.2, 0.25) is 0 Å². The molecule has 0 aliphatic carbocycles. The molecule has 0 bridgehead atoms. The summed E-state index contributed by atoms with van der Waals surface area (Å²) in [5, 5.41) is 0. The summed E-state index contributed by atoms with van der Waals surface area (Å²) in [6, 6.07) is 5.77. The van der Waals surface area contributed by atoms with E-state index in [2.05, 4.69) is 0 Å². The number of carbonyl (C=O) groups excluding carboxylic acids is 1. The van der Waals surface area contributed by atoms with Crippen LogP contribution in [0.25, 0.3) is 0 Å². The Balaban J connectivity index is 2.55. The zero-order chi connectivity index (χ0) is 12.1. The van der Waals surface area contributed by atoms with Gasteiger partial charge in [0, 0.05) is 18.7 Å². The number of hydrogen-bond acceptors (Lipinski definition) is 3. The van der Waals surface area contributed by atoms with Crippen molar-refractivity contribution < 1.29 is 9.18 Å². The first-order valence-corrected chi connectivity index (χ1v) is 4.97. The number of primary amides is 1. The van der Waals surface area contributed by atoms with E-state index >= 15 is 0 Å². The Morgan fingerprint density at radius 3 is 2.69 bits per heavy atom. The van der Waals surface area contributed by atoms with E-state index in [1.165, 1.54) is 6.07 Å². The molecule has 0 heterocycles. The van der Waals surface area contributed by atoms with Gasteiger partial charge in [-0.05, 0) is 13.1 Å². The van der Waals surface area contributed by atoms with Crippen molar-refractivity contribution in [2.75, 3.05) is 13.6 Å². The molecule has 1 amide bonds. The minimum atomic E-state index is -0.725. The quantitative estimate of drug-likeness (QED) is 0.745. The van der Waals surface area contributed by atoms with Gasteiger partial charge in [0.15, 0.2) is 0 Å². The van der Waals surface area contributed by atoms with Crippen molar-refractivity contribution in [1.82, 2.24) is 4.90 Å². The highest BCUT2D eigenvalue weighted by Gasteiger charge is 2.13. The van der Waals surface area contributed by atoms with Gasteiger partial charge < -0.3 is 11.5 Å². The molecule has 0 aliphatic rings. The lowest BCUT2D eigenvalue weighted by Gasteiger charge is -2.19. The number of amides is 1. The van der Waals surface area contributed by atoms with Crippen LogP contribution in [0.15, 0.2) is 24.3 Å². The van der Waals surface area contributed by atoms with Gasteiger partial charge in [0.25, 0.3) is 0 Å². The SMILES string of the molecule is CN(Cc1ccccc1F)CC(N)C(N)=O. The Bertz CT molecular complexity index is 370. The Hall–Kier alpha value is -1.46. The molecule has 4 nitrogen and oxygen atoms in total. The van der Waals surface area contributed by atoms with Gasteiger partial charge in [-0.1, -0.05) is 18.2 Å². The Morgan fingerprint density at radius 1 is 1.50 bits per heavy atom. The third kappa shape index (κ3) is 3.60. The summed E-state index contributed by atoms with van der Waals surface area (Å²) >= 11 is 0. The third-order valence-electron chi connectivity index (χ3n) is 2.27. The van der Waals surface area contributed by atoms with Crippen molar-refractivity contribution in [2.24, 2.45) is 11.5 Å². The van der Waals surface area contributed by atoms with Crippen LogP contribution in [0.4, 0.5) is 4.39 Å². The Labute approximate surface area is 94.0 Å². The van der Waals surface area contributed by atoms with Gasteiger partial charge in [-0.25, -0.2) is 4.39 Å². The summed E-state index contributed by atoms with van der Waals surface area (Å²) in [5.74, 6) is -0.817.